The Morgan fingerprint density at radius 2 is 1.90 bits per heavy atom. The molecule has 21 heavy (non-hydrogen) atoms. The van der Waals surface area contributed by atoms with Crippen molar-refractivity contribution >= 4 is 34.3 Å². The third-order valence-corrected chi connectivity index (χ3v) is 5.06. The Kier molecular flexibility index (Phi) is 3.57. The largest absolute Gasteiger partial charge is 0.440 e. The van der Waals surface area contributed by atoms with Gasteiger partial charge in [0.15, 0.2) is 5.76 Å². The van der Waals surface area contributed by atoms with E-state index >= 15 is 0 Å². The molecule has 0 fully saturated rings. The van der Waals surface area contributed by atoms with E-state index < -0.39 is 11.8 Å². The molecule has 0 spiro atoms. The fourth-order valence-electron chi connectivity index (χ4n) is 2.31. The van der Waals surface area contributed by atoms with E-state index in [9.17, 15) is 10.5 Å². The Balaban J connectivity index is 2.21. The summed E-state index contributed by atoms with van der Waals surface area (Å²) in [4.78, 5) is 1.70. The summed E-state index contributed by atoms with van der Waals surface area (Å²) in [6, 6.07) is 11.8. The molecule has 2 atom stereocenters. The van der Waals surface area contributed by atoms with Crippen LogP contribution in [0.15, 0.2) is 40.6 Å². The van der Waals surface area contributed by atoms with Crippen LogP contribution in [0.25, 0.3) is 5.76 Å². The van der Waals surface area contributed by atoms with Crippen LogP contribution in [0.4, 0.5) is 0 Å². The Morgan fingerprint density at radius 3 is 2.48 bits per heavy atom. The molecule has 0 aromatic carbocycles. The third kappa shape index (κ3) is 2.25. The number of thiophene rings is 2. The highest BCUT2D eigenvalue weighted by Crippen LogP contribution is 2.43. The first kappa shape index (κ1) is 13.6. The Hall–Kier alpha value is -2.41. The normalized spacial score (nSPS) is 21.5. The van der Waals surface area contributed by atoms with Crippen molar-refractivity contribution < 1.29 is 4.74 Å². The molecular formula is C15H9N3OS2. The number of hydrogen-bond donors (Lipinski definition) is 1. The maximum atomic E-state index is 9.57. The number of nitrogens with zero attached hydrogens (tertiary/aromatic N) is 2. The van der Waals surface area contributed by atoms with Gasteiger partial charge in [-0.3, -0.25) is 5.41 Å². The van der Waals surface area contributed by atoms with Crippen LogP contribution in [0.1, 0.15) is 15.7 Å². The summed E-state index contributed by atoms with van der Waals surface area (Å²) >= 11 is 2.93. The van der Waals surface area contributed by atoms with Crippen LogP contribution >= 0.6 is 22.7 Å². The number of nitriles is 2. The monoisotopic (exact) mass is 311 g/mol. The molecule has 2 aromatic heterocycles. The van der Waals surface area contributed by atoms with Gasteiger partial charge in [0.1, 0.15) is 5.92 Å². The van der Waals surface area contributed by atoms with Gasteiger partial charge in [-0.1, -0.05) is 12.1 Å². The van der Waals surface area contributed by atoms with Crippen molar-refractivity contribution in [3.8, 4) is 12.1 Å². The van der Waals surface area contributed by atoms with Crippen molar-refractivity contribution in [2.45, 2.75) is 5.92 Å². The topological polar surface area (TPSA) is 80.7 Å². The lowest BCUT2D eigenvalue weighted by atomic mass is 9.83. The second-order valence-electron chi connectivity index (χ2n) is 4.40. The minimum Gasteiger partial charge on any atom is -0.440 e. The Morgan fingerprint density at radius 1 is 1.14 bits per heavy atom. The van der Waals surface area contributed by atoms with Crippen LogP contribution in [0.2, 0.25) is 0 Å². The van der Waals surface area contributed by atoms with Gasteiger partial charge >= 0.3 is 0 Å². The molecule has 1 N–H and O–H groups in total. The SMILES string of the molecule is N#CC1=C(c2cccs2)OC(=N)C(C#N)C1c1cccs1. The number of hydrogen-bond acceptors (Lipinski definition) is 6. The predicted octanol–water partition coefficient (Wildman–Crippen LogP) is 3.98. The lowest BCUT2D eigenvalue weighted by Gasteiger charge is -2.28. The molecule has 0 amide bonds. The number of nitrogens with one attached hydrogen (secondary N) is 1. The highest BCUT2D eigenvalue weighted by atomic mass is 32.1. The molecule has 0 saturated carbocycles. The number of allylic oxidation sites excluding steroid dienone is 1. The average Bonchev–Trinajstić information content (AvgIpc) is 3.19. The summed E-state index contributed by atoms with van der Waals surface area (Å²) in [5.74, 6) is -0.888. The van der Waals surface area contributed by atoms with Crippen LogP contribution in [0, 0.1) is 34.0 Å². The Bertz CT molecular complexity index is 776. The van der Waals surface area contributed by atoms with Crippen molar-refractivity contribution in [3.05, 3.63) is 50.4 Å². The summed E-state index contributed by atoms with van der Waals surface area (Å²) in [6.07, 6.45) is 0. The first-order valence-corrected chi connectivity index (χ1v) is 7.89. The molecule has 4 nitrogen and oxygen atoms in total. The van der Waals surface area contributed by atoms with Gasteiger partial charge in [0.25, 0.3) is 0 Å². The van der Waals surface area contributed by atoms with E-state index in [2.05, 4.69) is 12.1 Å². The molecule has 1 aliphatic heterocycles. The maximum absolute atomic E-state index is 9.57. The molecule has 0 saturated heterocycles. The van der Waals surface area contributed by atoms with Gasteiger partial charge in [0.2, 0.25) is 5.90 Å². The van der Waals surface area contributed by atoms with Crippen molar-refractivity contribution in [2.24, 2.45) is 5.92 Å². The molecule has 6 heteroatoms. The summed E-state index contributed by atoms with van der Waals surface area (Å²) < 4.78 is 5.50. The van der Waals surface area contributed by atoms with Crippen molar-refractivity contribution in [1.29, 1.82) is 15.9 Å². The van der Waals surface area contributed by atoms with E-state index in [1.807, 2.05) is 35.0 Å². The van der Waals surface area contributed by atoms with Gasteiger partial charge in [-0.2, -0.15) is 10.5 Å². The molecule has 2 aromatic rings. The highest BCUT2D eigenvalue weighted by molar-refractivity contribution is 7.11. The van der Waals surface area contributed by atoms with Gasteiger partial charge < -0.3 is 4.74 Å². The molecule has 0 aliphatic carbocycles. The lowest BCUT2D eigenvalue weighted by Crippen LogP contribution is -2.28. The van der Waals surface area contributed by atoms with Gasteiger partial charge in [0, 0.05) is 4.88 Å². The van der Waals surface area contributed by atoms with Crippen LogP contribution in [0.3, 0.4) is 0 Å². The van der Waals surface area contributed by atoms with E-state index in [-0.39, 0.29) is 5.90 Å². The Labute approximate surface area is 129 Å². The molecule has 2 unspecified atom stereocenters. The summed E-state index contributed by atoms with van der Waals surface area (Å²) in [5.41, 5.74) is 0.419. The van der Waals surface area contributed by atoms with E-state index in [0.717, 1.165) is 9.75 Å². The standard InChI is InChI=1S/C15H9N3OS2/c16-7-9-13(11-3-1-5-20-11)10(8-17)15(18)19-14(9)12-4-2-6-21-12/h1-6,10,13,18H. The molecule has 3 rings (SSSR count). The van der Waals surface area contributed by atoms with Gasteiger partial charge in [-0.15, -0.1) is 22.7 Å². The van der Waals surface area contributed by atoms with E-state index in [0.29, 0.717) is 11.3 Å². The minimum absolute atomic E-state index is 0.0988. The summed E-state index contributed by atoms with van der Waals surface area (Å²) in [6.45, 7) is 0. The summed E-state index contributed by atoms with van der Waals surface area (Å²) in [7, 11) is 0. The predicted molar refractivity (Wildman–Crippen MR) is 81.8 cm³/mol. The number of ether oxygens (including phenoxy) is 1. The van der Waals surface area contributed by atoms with E-state index in [1.54, 1.807) is 0 Å². The van der Waals surface area contributed by atoms with E-state index in [4.69, 9.17) is 10.1 Å². The lowest BCUT2D eigenvalue weighted by molar-refractivity contribution is 0.429. The third-order valence-electron chi connectivity index (χ3n) is 3.24. The molecular weight excluding hydrogens is 302 g/mol. The zero-order chi connectivity index (χ0) is 14.8. The van der Waals surface area contributed by atoms with Gasteiger partial charge in [-0.25, -0.2) is 0 Å². The maximum Gasteiger partial charge on any atom is 0.205 e. The zero-order valence-corrected chi connectivity index (χ0v) is 12.4. The molecule has 1 aliphatic rings. The molecule has 3 heterocycles. The van der Waals surface area contributed by atoms with Crippen LogP contribution in [-0.4, -0.2) is 5.90 Å². The average molecular weight is 311 g/mol. The smallest absolute Gasteiger partial charge is 0.205 e. The summed E-state index contributed by atoms with van der Waals surface area (Å²) in [5, 5.41) is 30.7. The van der Waals surface area contributed by atoms with Crippen molar-refractivity contribution in [2.75, 3.05) is 0 Å². The fraction of sp³-hybridized carbons (Fsp3) is 0.133. The zero-order valence-electron chi connectivity index (χ0n) is 10.7. The van der Waals surface area contributed by atoms with Gasteiger partial charge in [0.05, 0.1) is 28.5 Å². The van der Waals surface area contributed by atoms with Crippen molar-refractivity contribution in [1.82, 2.24) is 0 Å². The van der Waals surface area contributed by atoms with Gasteiger partial charge in [-0.05, 0) is 22.9 Å². The first-order chi connectivity index (χ1) is 10.3. The highest BCUT2D eigenvalue weighted by Gasteiger charge is 2.40. The number of rotatable bonds is 2. The van der Waals surface area contributed by atoms with Crippen LogP contribution < -0.4 is 0 Å². The molecule has 102 valence electrons. The fourth-order valence-corrected chi connectivity index (χ4v) is 3.90. The van der Waals surface area contributed by atoms with Crippen LogP contribution in [-0.2, 0) is 4.74 Å². The molecule has 0 bridgehead atoms. The quantitative estimate of drug-likeness (QED) is 0.911. The van der Waals surface area contributed by atoms with Crippen LogP contribution in [0.5, 0.6) is 0 Å². The first-order valence-electron chi connectivity index (χ1n) is 6.13. The second-order valence-corrected chi connectivity index (χ2v) is 6.33. The van der Waals surface area contributed by atoms with Crippen molar-refractivity contribution in [3.63, 3.8) is 0 Å². The second kappa shape index (κ2) is 5.53. The van der Waals surface area contributed by atoms with E-state index in [1.165, 1.54) is 22.7 Å². The minimum atomic E-state index is -0.762. The molecule has 0 radical (unpaired) electrons.